The number of thioether (sulfide) groups is 1. The van der Waals surface area contributed by atoms with Gasteiger partial charge in [-0.25, -0.2) is 0 Å². The number of amides is 3. The SMILES string of the molecule is CCCCNC(=O)C1N(CCCO)C(=O)[C@@H]2[C@@H](C(=O)Nc3ccccc3)[C@@H]3SC12CC3Br. The Labute approximate surface area is 201 Å². The summed E-state index contributed by atoms with van der Waals surface area (Å²) >= 11 is 5.38. The molecule has 1 aromatic carbocycles. The Morgan fingerprint density at radius 3 is 2.69 bits per heavy atom. The van der Waals surface area contributed by atoms with Gasteiger partial charge in [-0.05, 0) is 31.4 Å². The van der Waals surface area contributed by atoms with Crippen LogP contribution >= 0.6 is 27.7 Å². The average molecular weight is 524 g/mol. The van der Waals surface area contributed by atoms with Crippen LogP contribution in [0.1, 0.15) is 32.6 Å². The molecule has 7 nitrogen and oxygen atoms in total. The standard InChI is InChI=1S/C23H30BrN3O4S/c1-2-3-10-25-21(30)19-23-13-15(24)18(32-23)16(17(23)22(31)27(19)11-7-12-28)20(29)26-14-8-5-4-6-9-14/h4-6,8-9,15-19,28H,2-3,7,10-13H2,1H3,(H,25,30)(H,26,29)/t15?,16-,17+,18-,19?,23?/m1/s1. The van der Waals surface area contributed by atoms with Crippen molar-refractivity contribution in [1.82, 2.24) is 10.2 Å². The molecule has 2 bridgehead atoms. The number of nitrogens with one attached hydrogen (secondary N) is 2. The smallest absolute Gasteiger partial charge is 0.244 e. The zero-order valence-electron chi connectivity index (χ0n) is 18.1. The summed E-state index contributed by atoms with van der Waals surface area (Å²) in [4.78, 5) is 42.1. The van der Waals surface area contributed by atoms with E-state index >= 15 is 0 Å². The number of rotatable bonds is 9. The molecule has 3 aliphatic heterocycles. The minimum absolute atomic E-state index is 0.0480. The fourth-order valence-electron chi connectivity index (χ4n) is 5.44. The van der Waals surface area contributed by atoms with E-state index in [-0.39, 0.29) is 34.4 Å². The highest BCUT2D eigenvalue weighted by Crippen LogP contribution is 2.67. The molecule has 3 fully saturated rings. The number of likely N-dealkylation sites (tertiary alicyclic amines) is 1. The van der Waals surface area contributed by atoms with Crippen LogP contribution in [0.5, 0.6) is 0 Å². The first kappa shape index (κ1) is 23.6. The van der Waals surface area contributed by atoms with Crippen molar-refractivity contribution in [2.75, 3.05) is 25.0 Å². The second-order valence-corrected chi connectivity index (χ2v) is 11.5. The predicted octanol–water partition coefficient (Wildman–Crippen LogP) is 2.39. The first-order valence-electron chi connectivity index (χ1n) is 11.3. The molecule has 4 rings (SSSR count). The molecule has 3 heterocycles. The summed E-state index contributed by atoms with van der Waals surface area (Å²) < 4.78 is -0.639. The van der Waals surface area contributed by atoms with E-state index in [1.807, 2.05) is 30.3 Å². The van der Waals surface area contributed by atoms with Crippen LogP contribution in [0.15, 0.2) is 30.3 Å². The summed E-state index contributed by atoms with van der Waals surface area (Å²) in [5.41, 5.74) is 0.696. The maximum atomic E-state index is 13.7. The second kappa shape index (κ2) is 9.73. The Balaban J connectivity index is 1.65. The third-order valence-corrected chi connectivity index (χ3v) is 9.99. The molecular formula is C23H30BrN3O4S. The van der Waals surface area contributed by atoms with E-state index in [0.29, 0.717) is 31.6 Å². The molecule has 1 aromatic rings. The monoisotopic (exact) mass is 523 g/mol. The normalized spacial score (nSPS) is 32.8. The Bertz CT molecular complexity index is 872. The van der Waals surface area contributed by atoms with Crippen molar-refractivity contribution in [3.05, 3.63) is 30.3 Å². The fraction of sp³-hybridized carbons (Fsp3) is 0.609. The number of aliphatic hydroxyl groups excluding tert-OH is 1. The molecule has 6 atom stereocenters. The molecule has 3 unspecified atom stereocenters. The number of carbonyl (C=O) groups is 3. The number of para-hydroxylation sites is 1. The highest BCUT2D eigenvalue weighted by atomic mass is 79.9. The van der Waals surface area contributed by atoms with Gasteiger partial charge >= 0.3 is 0 Å². The second-order valence-electron chi connectivity index (χ2n) is 8.77. The number of halogens is 1. The number of nitrogens with zero attached hydrogens (tertiary/aromatic N) is 1. The number of carbonyl (C=O) groups excluding carboxylic acids is 3. The number of hydrogen-bond donors (Lipinski definition) is 3. The van der Waals surface area contributed by atoms with Crippen molar-refractivity contribution in [3.63, 3.8) is 0 Å². The van der Waals surface area contributed by atoms with Crippen LogP contribution in [0.25, 0.3) is 0 Å². The molecular weight excluding hydrogens is 494 g/mol. The zero-order valence-corrected chi connectivity index (χ0v) is 20.5. The number of aliphatic hydroxyl groups is 1. The molecule has 9 heteroatoms. The van der Waals surface area contributed by atoms with Gasteiger partial charge in [-0.1, -0.05) is 47.5 Å². The third-order valence-electron chi connectivity index (χ3n) is 6.77. The summed E-state index contributed by atoms with van der Waals surface area (Å²) in [6.07, 6.45) is 2.90. The van der Waals surface area contributed by atoms with E-state index in [9.17, 15) is 19.5 Å². The molecule has 0 aromatic heterocycles. The third kappa shape index (κ3) is 3.96. The van der Waals surface area contributed by atoms with Gasteiger partial charge in [0.05, 0.1) is 16.6 Å². The number of alkyl halides is 1. The molecule has 174 valence electrons. The number of anilines is 1. The van der Waals surface area contributed by atoms with Crippen LogP contribution in [-0.4, -0.2) is 68.3 Å². The van der Waals surface area contributed by atoms with E-state index in [1.54, 1.807) is 16.7 Å². The Hall–Kier alpha value is -1.58. The van der Waals surface area contributed by atoms with Gasteiger partial charge in [-0.15, -0.1) is 11.8 Å². The number of hydrogen-bond acceptors (Lipinski definition) is 5. The number of unbranched alkanes of at least 4 members (excludes halogenated alkanes) is 1. The Kier molecular flexibility index (Phi) is 7.17. The van der Waals surface area contributed by atoms with E-state index in [1.165, 1.54) is 0 Å². The van der Waals surface area contributed by atoms with E-state index in [0.717, 1.165) is 12.8 Å². The lowest BCUT2D eigenvalue weighted by atomic mass is 9.70. The van der Waals surface area contributed by atoms with Gasteiger partial charge in [-0.2, -0.15) is 0 Å². The van der Waals surface area contributed by atoms with Gasteiger partial charge < -0.3 is 20.6 Å². The molecule has 32 heavy (non-hydrogen) atoms. The minimum atomic E-state index is -0.639. The van der Waals surface area contributed by atoms with Gasteiger partial charge in [0.25, 0.3) is 0 Å². The van der Waals surface area contributed by atoms with Crippen LogP contribution < -0.4 is 10.6 Å². The quantitative estimate of drug-likeness (QED) is 0.341. The first-order valence-corrected chi connectivity index (χ1v) is 13.1. The molecule has 1 spiro atoms. The number of benzene rings is 1. The zero-order chi connectivity index (χ0) is 22.9. The van der Waals surface area contributed by atoms with Crippen molar-refractivity contribution < 1.29 is 19.5 Å². The van der Waals surface area contributed by atoms with Gasteiger partial charge in [0.15, 0.2) is 0 Å². The Morgan fingerprint density at radius 2 is 2.00 bits per heavy atom. The highest BCUT2D eigenvalue weighted by Gasteiger charge is 2.75. The van der Waals surface area contributed by atoms with Crippen LogP contribution in [0.3, 0.4) is 0 Å². The molecule has 0 radical (unpaired) electrons. The lowest BCUT2D eigenvalue weighted by Gasteiger charge is -2.35. The number of fused-ring (bicyclic) bond motifs is 1. The summed E-state index contributed by atoms with van der Waals surface area (Å²) in [6, 6.07) is 8.62. The summed E-state index contributed by atoms with van der Waals surface area (Å²) in [7, 11) is 0. The van der Waals surface area contributed by atoms with Crippen molar-refractivity contribution in [1.29, 1.82) is 0 Å². The topological polar surface area (TPSA) is 98.7 Å². The van der Waals surface area contributed by atoms with E-state index in [2.05, 4.69) is 33.5 Å². The van der Waals surface area contributed by atoms with Crippen molar-refractivity contribution in [2.24, 2.45) is 11.8 Å². The van der Waals surface area contributed by atoms with Crippen molar-refractivity contribution in [2.45, 2.75) is 53.5 Å². The van der Waals surface area contributed by atoms with Crippen LogP contribution in [-0.2, 0) is 14.4 Å². The van der Waals surface area contributed by atoms with E-state index < -0.39 is 22.6 Å². The summed E-state index contributed by atoms with van der Waals surface area (Å²) in [5, 5.41) is 15.3. The molecule has 0 aliphatic carbocycles. The van der Waals surface area contributed by atoms with Crippen molar-refractivity contribution >= 4 is 51.1 Å². The fourth-order valence-corrected chi connectivity index (χ4v) is 9.06. The lowest BCUT2D eigenvalue weighted by molar-refractivity contribution is -0.139. The van der Waals surface area contributed by atoms with Crippen LogP contribution in [0.2, 0.25) is 0 Å². The lowest BCUT2D eigenvalue weighted by Crippen LogP contribution is -2.54. The summed E-state index contributed by atoms with van der Waals surface area (Å²) in [6.45, 7) is 2.89. The van der Waals surface area contributed by atoms with Gasteiger partial charge in [0.2, 0.25) is 17.7 Å². The van der Waals surface area contributed by atoms with Crippen LogP contribution in [0.4, 0.5) is 5.69 Å². The van der Waals surface area contributed by atoms with Gasteiger partial charge in [0.1, 0.15) is 6.04 Å². The van der Waals surface area contributed by atoms with E-state index in [4.69, 9.17) is 0 Å². The molecule has 0 saturated carbocycles. The maximum absolute atomic E-state index is 13.7. The highest BCUT2D eigenvalue weighted by molar-refractivity contribution is 9.09. The first-order chi connectivity index (χ1) is 15.4. The molecule has 3 aliphatic rings. The predicted molar refractivity (Wildman–Crippen MR) is 129 cm³/mol. The minimum Gasteiger partial charge on any atom is -0.396 e. The van der Waals surface area contributed by atoms with Gasteiger partial charge in [0, 0.05) is 35.5 Å². The van der Waals surface area contributed by atoms with Gasteiger partial charge in [-0.3, -0.25) is 14.4 Å². The molecule has 3 N–H and O–H groups in total. The van der Waals surface area contributed by atoms with Crippen molar-refractivity contribution in [3.8, 4) is 0 Å². The maximum Gasteiger partial charge on any atom is 0.244 e. The largest absolute Gasteiger partial charge is 0.396 e. The Morgan fingerprint density at radius 1 is 1.25 bits per heavy atom. The summed E-state index contributed by atoms with van der Waals surface area (Å²) in [5.74, 6) is -1.53. The molecule has 3 saturated heterocycles. The molecule has 3 amide bonds. The van der Waals surface area contributed by atoms with Crippen LogP contribution in [0, 0.1) is 11.8 Å². The average Bonchev–Trinajstić information content (AvgIpc) is 3.36.